The van der Waals surface area contributed by atoms with Crippen molar-refractivity contribution in [1.29, 1.82) is 5.26 Å². The molecule has 0 unspecified atom stereocenters. The molecule has 4 heterocycles. The molecule has 2 amide bonds. The smallest absolute Gasteiger partial charge is 0.417 e. The zero-order chi connectivity index (χ0) is 28.3. The monoisotopic (exact) mass is 532 g/mol. The molecule has 39 heavy (non-hydrogen) atoms. The van der Waals surface area contributed by atoms with Gasteiger partial charge in [-0.3, -0.25) is 4.79 Å². The number of amides is 2. The van der Waals surface area contributed by atoms with Gasteiger partial charge < -0.3 is 14.7 Å². The Labute approximate surface area is 225 Å². The molecule has 5 rings (SSSR count). The van der Waals surface area contributed by atoms with Crippen LogP contribution in [-0.4, -0.2) is 60.6 Å². The number of aliphatic hydroxyl groups excluding tert-OH is 1. The number of nitrogens with zero attached hydrogens (tertiary/aromatic N) is 6. The quantitative estimate of drug-likeness (QED) is 0.533. The van der Waals surface area contributed by atoms with Crippen molar-refractivity contribution in [2.24, 2.45) is 0 Å². The Morgan fingerprint density at radius 3 is 2.64 bits per heavy atom. The number of carbonyl (C=O) groups excluding carboxylic acids is 2. The summed E-state index contributed by atoms with van der Waals surface area (Å²) in [7, 11) is 0. The fraction of sp³-hybridized carbons (Fsp3) is 0.393. The highest BCUT2D eigenvalue weighted by molar-refractivity contribution is 6.08. The van der Waals surface area contributed by atoms with Crippen LogP contribution >= 0.6 is 0 Å². The van der Waals surface area contributed by atoms with Crippen molar-refractivity contribution >= 4 is 17.8 Å². The van der Waals surface area contributed by atoms with Gasteiger partial charge in [-0.05, 0) is 59.2 Å². The first kappa shape index (κ1) is 26.3. The lowest BCUT2D eigenvalue weighted by atomic mass is 9.99. The van der Waals surface area contributed by atoms with Crippen LogP contribution in [0.2, 0.25) is 0 Å². The summed E-state index contributed by atoms with van der Waals surface area (Å²) in [6, 6.07) is 9.41. The molecule has 11 heteroatoms. The summed E-state index contributed by atoms with van der Waals surface area (Å²) in [5, 5.41) is 24.8. The van der Waals surface area contributed by atoms with Gasteiger partial charge in [0.05, 0.1) is 58.0 Å². The molecule has 0 bridgehead atoms. The molecule has 1 atom stereocenters. The predicted molar refractivity (Wildman–Crippen MR) is 140 cm³/mol. The first-order chi connectivity index (χ1) is 18.3. The molecule has 3 aromatic rings. The Bertz CT molecular complexity index is 1530. The molecule has 1 aromatic carbocycles. The SMILES string of the molecule is CC(C)(C)OC(=O)N1Cc2nc(-c3c(F)cccc3C#N)cc(-n3ccc(N4CC[C@H](O)C4(C)C)n3)c2C1=O. The lowest BCUT2D eigenvalue weighted by molar-refractivity contribution is 0.0247. The minimum absolute atomic E-state index is 0.0107. The van der Waals surface area contributed by atoms with E-state index < -0.39 is 35.1 Å². The number of hydrogen-bond acceptors (Lipinski definition) is 8. The van der Waals surface area contributed by atoms with E-state index in [1.54, 1.807) is 33.0 Å². The van der Waals surface area contributed by atoms with Crippen LogP contribution in [0.15, 0.2) is 36.5 Å². The van der Waals surface area contributed by atoms with Gasteiger partial charge in [-0.25, -0.2) is 23.8 Å². The van der Waals surface area contributed by atoms with Crippen molar-refractivity contribution in [3.8, 4) is 23.0 Å². The highest BCUT2D eigenvalue weighted by atomic mass is 19.1. The first-order valence-electron chi connectivity index (χ1n) is 12.6. The van der Waals surface area contributed by atoms with Gasteiger partial charge in [0, 0.05) is 18.8 Å². The summed E-state index contributed by atoms with van der Waals surface area (Å²) in [5.41, 5.74) is -0.531. The van der Waals surface area contributed by atoms with Crippen LogP contribution in [0.25, 0.3) is 16.9 Å². The van der Waals surface area contributed by atoms with Crippen molar-refractivity contribution in [3.63, 3.8) is 0 Å². The molecule has 0 aliphatic carbocycles. The number of halogens is 1. The molecule has 2 aromatic heterocycles. The average molecular weight is 533 g/mol. The second kappa shape index (κ2) is 9.17. The van der Waals surface area contributed by atoms with Crippen LogP contribution in [-0.2, 0) is 11.3 Å². The zero-order valence-electron chi connectivity index (χ0n) is 22.4. The molecule has 202 valence electrons. The van der Waals surface area contributed by atoms with Gasteiger partial charge in [-0.1, -0.05) is 6.07 Å². The third-order valence-corrected chi connectivity index (χ3v) is 7.08. The number of pyridine rings is 1. The Kier molecular flexibility index (Phi) is 6.18. The summed E-state index contributed by atoms with van der Waals surface area (Å²) >= 11 is 0. The lowest BCUT2D eigenvalue weighted by Gasteiger charge is -2.33. The number of imide groups is 1. The number of nitriles is 1. The molecular weight excluding hydrogens is 503 g/mol. The summed E-state index contributed by atoms with van der Waals surface area (Å²) in [6.07, 6.45) is 0.887. The van der Waals surface area contributed by atoms with E-state index in [4.69, 9.17) is 9.84 Å². The molecule has 1 fully saturated rings. The highest BCUT2D eigenvalue weighted by Gasteiger charge is 2.42. The number of anilines is 1. The van der Waals surface area contributed by atoms with Crippen LogP contribution in [0, 0.1) is 17.1 Å². The lowest BCUT2D eigenvalue weighted by Crippen LogP contribution is -2.45. The number of carbonyl (C=O) groups is 2. The van der Waals surface area contributed by atoms with E-state index in [1.165, 1.54) is 28.9 Å². The van der Waals surface area contributed by atoms with Crippen molar-refractivity contribution in [3.05, 3.63) is 59.2 Å². The number of aliphatic hydroxyl groups is 1. The van der Waals surface area contributed by atoms with Gasteiger partial charge in [0.15, 0.2) is 5.82 Å². The van der Waals surface area contributed by atoms with Crippen molar-refractivity contribution in [2.45, 2.75) is 64.8 Å². The van der Waals surface area contributed by atoms with Crippen molar-refractivity contribution in [2.75, 3.05) is 11.4 Å². The van der Waals surface area contributed by atoms with Crippen molar-refractivity contribution in [1.82, 2.24) is 19.7 Å². The van der Waals surface area contributed by atoms with Gasteiger partial charge in [0.25, 0.3) is 5.91 Å². The Balaban J connectivity index is 1.65. The Morgan fingerprint density at radius 1 is 1.26 bits per heavy atom. The third kappa shape index (κ3) is 4.51. The second-order valence-electron chi connectivity index (χ2n) is 11.2. The van der Waals surface area contributed by atoms with Crippen LogP contribution in [0.3, 0.4) is 0 Å². The summed E-state index contributed by atoms with van der Waals surface area (Å²) in [5.74, 6) is -0.673. The Hall–Kier alpha value is -4.30. The third-order valence-electron chi connectivity index (χ3n) is 7.08. The number of hydrogen-bond donors (Lipinski definition) is 1. The molecule has 10 nitrogen and oxygen atoms in total. The van der Waals surface area contributed by atoms with E-state index in [9.17, 15) is 20.0 Å². The molecular formula is C28H29FN6O4. The second-order valence-corrected chi connectivity index (χ2v) is 11.2. The predicted octanol–water partition coefficient (Wildman–Crippen LogP) is 4.19. The van der Waals surface area contributed by atoms with E-state index >= 15 is 4.39 Å². The fourth-order valence-electron chi connectivity index (χ4n) is 5.01. The maximum absolute atomic E-state index is 15.0. The molecule has 2 aliphatic heterocycles. The summed E-state index contributed by atoms with van der Waals surface area (Å²) in [6.45, 7) is 9.36. The molecule has 2 aliphatic rings. The topological polar surface area (TPSA) is 125 Å². The summed E-state index contributed by atoms with van der Waals surface area (Å²) < 4.78 is 21.9. The summed E-state index contributed by atoms with van der Waals surface area (Å²) in [4.78, 5) is 33.9. The molecule has 0 spiro atoms. The maximum Gasteiger partial charge on any atom is 0.417 e. The number of benzene rings is 1. The van der Waals surface area contributed by atoms with Crippen molar-refractivity contribution < 1.29 is 23.8 Å². The van der Waals surface area contributed by atoms with Crippen LogP contribution < -0.4 is 4.90 Å². The molecule has 1 N–H and O–H groups in total. The number of ether oxygens (including phenoxy) is 1. The normalized spacial score (nSPS) is 18.3. The standard InChI is InChI=1S/C28H29FN6O4/c1-27(2,3)39-26(38)33-15-19-24(25(33)37)20(13-18(31-19)23-16(14-30)7-6-8-17(23)29)35-12-10-22(32-35)34-11-9-21(36)28(34,4)5/h6-8,10,12-13,21,36H,9,11,15H2,1-5H3/t21-/m0/s1. The van der Waals surface area contributed by atoms with Crippen LogP contribution in [0.1, 0.15) is 62.7 Å². The Morgan fingerprint density at radius 2 is 2.00 bits per heavy atom. The number of rotatable bonds is 3. The zero-order valence-corrected chi connectivity index (χ0v) is 22.4. The van der Waals surface area contributed by atoms with E-state index in [0.717, 1.165) is 4.90 Å². The van der Waals surface area contributed by atoms with Gasteiger partial charge >= 0.3 is 6.09 Å². The first-order valence-corrected chi connectivity index (χ1v) is 12.6. The van der Waals surface area contributed by atoms with Gasteiger partial charge in [-0.15, -0.1) is 0 Å². The van der Waals surface area contributed by atoms with E-state index in [2.05, 4.69) is 4.98 Å². The minimum Gasteiger partial charge on any atom is -0.443 e. The molecule has 0 saturated carbocycles. The maximum atomic E-state index is 15.0. The van der Waals surface area contributed by atoms with Crippen LogP contribution in [0.5, 0.6) is 0 Å². The van der Waals surface area contributed by atoms with E-state index in [-0.39, 0.29) is 40.3 Å². The average Bonchev–Trinajstić information content (AvgIpc) is 3.53. The minimum atomic E-state index is -0.827. The van der Waals surface area contributed by atoms with Crippen LogP contribution in [0.4, 0.5) is 15.0 Å². The largest absolute Gasteiger partial charge is 0.443 e. The van der Waals surface area contributed by atoms with Gasteiger partial charge in [0.1, 0.15) is 11.4 Å². The number of fused-ring (bicyclic) bond motifs is 1. The van der Waals surface area contributed by atoms with E-state index in [0.29, 0.717) is 18.8 Å². The fourth-order valence-corrected chi connectivity index (χ4v) is 5.01. The molecule has 1 saturated heterocycles. The molecule has 0 radical (unpaired) electrons. The van der Waals surface area contributed by atoms with Gasteiger partial charge in [-0.2, -0.15) is 10.4 Å². The number of aromatic nitrogens is 3. The highest BCUT2D eigenvalue weighted by Crippen LogP contribution is 2.36. The van der Waals surface area contributed by atoms with Gasteiger partial charge in [0.2, 0.25) is 0 Å². The van der Waals surface area contributed by atoms with E-state index in [1.807, 2.05) is 24.8 Å².